The SMILES string of the molecule is CC(C)CC(CNC(=O)Oc1ccc([N+](=O)[O-])cc1)CC(=O)O. The number of benzene rings is 1. The normalized spacial score (nSPS) is 11.8. The Balaban J connectivity index is 2.50. The third-order valence-electron chi connectivity index (χ3n) is 3.06. The van der Waals surface area contributed by atoms with Gasteiger partial charge in [-0.05, 0) is 30.4 Å². The molecule has 0 spiro atoms. The summed E-state index contributed by atoms with van der Waals surface area (Å²) in [5, 5.41) is 21.9. The number of ether oxygens (including phenoxy) is 1. The second kappa shape index (κ2) is 8.72. The number of rotatable bonds is 8. The maximum absolute atomic E-state index is 11.7. The Morgan fingerprint density at radius 3 is 2.39 bits per heavy atom. The molecule has 1 aromatic rings. The van der Waals surface area contributed by atoms with E-state index in [2.05, 4.69) is 5.32 Å². The molecular weight excluding hydrogens is 304 g/mol. The Bertz CT molecular complexity index is 556. The molecule has 8 nitrogen and oxygen atoms in total. The Kier molecular flexibility index (Phi) is 6.98. The van der Waals surface area contributed by atoms with Crippen LogP contribution in [0.25, 0.3) is 0 Å². The molecule has 1 aromatic carbocycles. The van der Waals surface area contributed by atoms with Crippen molar-refractivity contribution in [3.63, 3.8) is 0 Å². The van der Waals surface area contributed by atoms with E-state index in [1.165, 1.54) is 24.3 Å². The number of carboxylic acid groups (broad SMARTS) is 1. The van der Waals surface area contributed by atoms with E-state index in [1.54, 1.807) is 0 Å². The first-order valence-corrected chi connectivity index (χ1v) is 7.20. The third kappa shape index (κ3) is 7.25. The van der Waals surface area contributed by atoms with Gasteiger partial charge in [-0.3, -0.25) is 14.9 Å². The number of carbonyl (C=O) groups excluding carboxylic acids is 1. The molecule has 126 valence electrons. The number of nitro benzene ring substituents is 1. The summed E-state index contributed by atoms with van der Waals surface area (Å²) in [6.45, 7) is 4.14. The molecule has 0 bridgehead atoms. The van der Waals surface area contributed by atoms with Gasteiger partial charge in [-0.1, -0.05) is 13.8 Å². The molecule has 1 rings (SSSR count). The van der Waals surface area contributed by atoms with Gasteiger partial charge >= 0.3 is 12.1 Å². The fourth-order valence-electron chi connectivity index (χ4n) is 2.16. The number of non-ortho nitro benzene ring substituents is 1. The summed E-state index contributed by atoms with van der Waals surface area (Å²) in [7, 11) is 0. The van der Waals surface area contributed by atoms with E-state index in [0.29, 0.717) is 12.3 Å². The van der Waals surface area contributed by atoms with Crippen LogP contribution < -0.4 is 10.1 Å². The van der Waals surface area contributed by atoms with E-state index < -0.39 is 17.0 Å². The minimum absolute atomic E-state index is 0.0318. The molecule has 0 saturated carbocycles. The van der Waals surface area contributed by atoms with Crippen LogP contribution in [0, 0.1) is 22.0 Å². The molecule has 0 aromatic heterocycles. The van der Waals surface area contributed by atoms with E-state index in [0.717, 1.165) is 0 Å². The highest BCUT2D eigenvalue weighted by Gasteiger charge is 2.17. The highest BCUT2D eigenvalue weighted by molar-refractivity contribution is 5.71. The lowest BCUT2D eigenvalue weighted by Crippen LogP contribution is -2.33. The maximum atomic E-state index is 11.7. The predicted octanol–water partition coefficient (Wildman–Crippen LogP) is 2.82. The summed E-state index contributed by atoms with van der Waals surface area (Å²) < 4.78 is 4.99. The average molecular weight is 324 g/mol. The maximum Gasteiger partial charge on any atom is 0.412 e. The van der Waals surface area contributed by atoms with Crippen molar-refractivity contribution in [2.24, 2.45) is 11.8 Å². The van der Waals surface area contributed by atoms with Crippen LogP contribution in [0.5, 0.6) is 5.75 Å². The largest absolute Gasteiger partial charge is 0.481 e. The molecule has 8 heteroatoms. The lowest BCUT2D eigenvalue weighted by Gasteiger charge is -2.17. The van der Waals surface area contributed by atoms with Crippen molar-refractivity contribution in [1.29, 1.82) is 0 Å². The standard InChI is InChI=1S/C15H20N2O6/c1-10(2)7-11(8-14(18)19)9-16-15(20)23-13-5-3-12(4-6-13)17(21)22/h3-6,10-11H,7-9H2,1-2H3,(H,16,20)(H,18,19). The Morgan fingerprint density at radius 1 is 1.30 bits per heavy atom. The van der Waals surface area contributed by atoms with Crippen LogP contribution in [0.4, 0.5) is 10.5 Å². The topological polar surface area (TPSA) is 119 Å². The van der Waals surface area contributed by atoms with E-state index >= 15 is 0 Å². The number of aliphatic carboxylic acids is 1. The molecule has 1 amide bonds. The van der Waals surface area contributed by atoms with E-state index in [9.17, 15) is 19.7 Å². The number of amides is 1. The van der Waals surface area contributed by atoms with Gasteiger partial charge in [0.25, 0.3) is 5.69 Å². The van der Waals surface area contributed by atoms with Crippen molar-refractivity contribution in [3.8, 4) is 5.75 Å². The van der Waals surface area contributed by atoms with E-state index in [1.807, 2.05) is 13.8 Å². The van der Waals surface area contributed by atoms with Crippen LogP contribution in [0.1, 0.15) is 26.7 Å². The number of nitrogens with zero attached hydrogens (tertiary/aromatic N) is 1. The zero-order valence-corrected chi connectivity index (χ0v) is 13.0. The predicted molar refractivity (Wildman–Crippen MR) is 82.3 cm³/mol. The zero-order chi connectivity index (χ0) is 17.4. The minimum Gasteiger partial charge on any atom is -0.481 e. The van der Waals surface area contributed by atoms with Gasteiger partial charge in [0.1, 0.15) is 5.75 Å². The highest BCUT2D eigenvalue weighted by atomic mass is 16.6. The summed E-state index contributed by atoms with van der Waals surface area (Å²) in [4.78, 5) is 32.5. The van der Waals surface area contributed by atoms with Gasteiger partial charge in [0.05, 0.1) is 4.92 Å². The number of nitrogens with one attached hydrogen (secondary N) is 1. The lowest BCUT2D eigenvalue weighted by molar-refractivity contribution is -0.384. The summed E-state index contributed by atoms with van der Waals surface area (Å²) >= 11 is 0. The quantitative estimate of drug-likeness (QED) is 0.560. The van der Waals surface area contributed by atoms with Crippen molar-refractivity contribution in [2.45, 2.75) is 26.7 Å². The minimum atomic E-state index is -0.916. The molecule has 0 aliphatic rings. The first kappa shape index (κ1) is 18.4. The Labute approximate surface area is 133 Å². The molecule has 1 unspecified atom stereocenters. The fraction of sp³-hybridized carbons (Fsp3) is 0.467. The van der Waals surface area contributed by atoms with Crippen LogP contribution in [-0.2, 0) is 4.79 Å². The summed E-state index contributed by atoms with van der Waals surface area (Å²) in [6.07, 6.45) is -0.0851. The molecule has 23 heavy (non-hydrogen) atoms. The molecule has 0 heterocycles. The second-order valence-corrected chi connectivity index (χ2v) is 5.61. The first-order valence-electron chi connectivity index (χ1n) is 7.20. The highest BCUT2D eigenvalue weighted by Crippen LogP contribution is 2.18. The van der Waals surface area contributed by atoms with Gasteiger partial charge in [-0.2, -0.15) is 0 Å². The number of hydrogen-bond acceptors (Lipinski definition) is 5. The van der Waals surface area contributed by atoms with Crippen LogP contribution in [0.2, 0.25) is 0 Å². The molecular formula is C15H20N2O6. The van der Waals surface area contributed by atoms with Crippen molar-refractivity contribution in [2.75, 3.05) is 6.54 Å². The van der Waals surface area contributed by atoms with Gasteiger partial charge < -0.3 is 15.2 Å². The molecule has 1 atom stereocenters. The van der Waals surface area contributed by atoms with Gasteiger partial charge in [0, 0.05) is 25.1 Å². The summed E-state index contributed by atoms with van der Waals surface area (Å²) in [6, 6.07) is 5.10. The second-order valence-electron chi connectivity index (χ2n) is 5.61. The summed E-state index contributed by atoms with van der Waals surface area (Å²) in [5.74, 6) is -0.614. The van der Waals surface area contributed by atoms with E-state index in [4.69, 9.17) is 9.84 Å². The zero-order valence-electron chi connectivity index (χ0n) is 13.0. The van der Waals surface area contributed by atoms with Gasteiger partial charge in [0.2, 0.25) is 0 Å². The van der Waals surface area contributed by atoms with Crippen LogP contribution >= 0.6 is 0 Å². The van der Waals surface area contributed by atoms with Gasteiger partial charge in [-0.15, -0.1) is 0 Å². The smallest absolute Gasteiger partial charge is 0.412 e. The Hall–Kier alpha value is -2.64. The average Bonchev–Trinajstić information content (AvgIpc) is 2.44. The number of nitro groups is 1. The monoisotopic (exact) mass is 324 g/mol. The first-order chi connectivity index (χ1) is 10.8. The third-order valence-corrected chi connectivity index (χ3v) is 3.06. The summed E-state index contributed by atoms with van der Waals surface area (Å²) in [5.41, 5.74) is -0.101. The molecule has 0 aliphatic carbocycles. The van der Waals surface area contributed by atoms with E-state index in [-0.39, 0.29) is 30.3 Å². The lowest BCUT2D eigenvalue weighted by atomic mass is 9.94. The Morgan fingerprint density at radius 2 is 1.91 bits per heavy atom. The van der Waals surface area contributed by atoms with Crippen LogP contribution in [-0.4, -0.2) is 28.6 Å². The molecule has 0 radical (unpaired) electrons. The van der Waals surface area contributed by atoms with Crippen molar-refractivity contribution >= 4 is 17.7 Å². The molecule has 2 N–H and O–H groups in total. The molecule has 0 saturated heterocycles. The number of carbonyl (C=O) groups is 2. The van der Waals surface area contributed by atoms with Crippen molar-refractivity contribution in [1.82, 2.24) is 5.32 Å². The molecule has 0 aliphatic heterocycles. The number of hydrogen-bond donors (Lipinski definition) is 2. The van der Waals surface area contributed by atoms with Crippen LogP contribution in [0.3, 0.4) is 0 Å². The fourth-order valence-corrected chi connectivity index (χ4v) is 2.16. The van der Waals surface area contributed by atoms with Crippen molar-refractivity contribution in [3.05, 3.63) is 34.4 Å². The van der Waals surface area contributed by atoms with Crippen molar-refractivity contribution < 1.29 is 24.4 Å². The molecule has 0 fully saturated rings. The van der Waals surface area contributed by atoms with Gasteiger partial charge in [-0.25, -0.2) is 4.79 Å². The number of carboxylic acids is 1. The van der Waals surface area contributed by atoms with Gasteiger partial charge in [0.15, 0.2) is 0 Å². The van der Waals surface area contributed by atoms with Crippen LogP contribution in [0.15, 0.2) is 24.3 Å².